The quantitative estimate of drug-likeness (QED) is 0.638. The van der Waals surface area contributed by atoms with Gasteiger partial charge in [0.05, 0.1) is 18.5 Å². The molecule has 0 aliphatic carbocycles. The van der Waals surface area contributed by atoms with Gasteiger partial charge in [0.1, 0.15) is 12.4 Å². The zero-order chi connectivity index (χ0) is 17.0. The Labute approximate surface area is 126 Å². The summed E-state index contributed by atoms with van der Waals surface area (Å²) >= 11 is 0. The van der Waals surface area contributed by atoms with Crippen molar-refractivity contribution in [2.45, 2.75) is 19.4 Å². The Hall–Kier alpha value is -1.97. The Bertz CT molecular complexity index is 657. The first-order valence-corrected chi connectivity index (χ1v) is 7.55. The Morgan fingerprint density at radius 3 is 2.50 bits per heavy atom. The van der Waals surface area contributed by atoms with Crippen molar-refractivity contribution in [3.05, 3.63) is 23.8 Å². The van der Waals surface area contributed by atoms with Gasteiger partial charge < -0.3 is 9.57 Å². The van der Waals surface area contributed by atoms with Crippen LogP contribution in [0.5, 0.6) is 5.75 Å². The van der Waals surface area contributed by atoms with Gasteiger partial charge in [-0.3, -0.25) is 4.72 Å². The van der Waals surface area contributed by atoms with Crippen molar-refractivity contribution in [3.63, 3.8) is 0 Å². The van der Waals surface area contributed by atoms with E-state index in [1.165, 1.54) is 37.0 Å². The maximum absolute atomic E-state index is 12.5. The Kier molecular flexibility index (Phi) is 5.64. The molecule has 0 aromatic heterocycles. The molecule has 0 amide bonds. The third-order valence-corrected chi connectivity index (χ3v) is 3.59. The first-order chi connectivity index (χ1) is 10.1. The number of nitrogens with zero attached hydrogens (tertiary/aromatic N) is 1. The lowest BCUT2D eigenvalue weighted by Crippen LogP contribution is -2.30. The Balaban J connectivity index is 3.39. The highest BCUT2D eigenvalue weighted by Gasteiger charge is 2.46. The van der Waals surface area contributed by atoms with Gasteiger partial charge in [-0.05, 0) is 19.9 Å². The van der Waals surface area contributed by atoms with E-state index in [1.54, 1.807) is 6.92 Å². The number of rotatable bonds is 6. The molecule has 1 rings (SSSR count). The monoisotopic (exact) mass is 340 g/mol. The standard InChI is InChI=1S/C12H15F3N2O4S/c1-4-21-16-8(2)9-6-5-7-10(20-3)11(9)17-22(18,19)12(13,14)15/h5-7,17H,4H2,1-3H3. The van der Waals surface area contributed by atoms with Gasteiger partial charge in [0.2, 0.25) is 0 Å². The fourth-order valence-electron chi connectivity index (χ4n) is 1.51. The number of benzene rings is 1. The van der Waals surface area contributed by atoms with Crippen LogP contribution in [0.4, 0.5) is 18.9 Å². The van der Waals surface area contributed by atoms with E-state index in [4.69, 9.17) is 9.57 Å². The maximum Gasteiger partial charge on any atom is 0.516 e. The lowest BCUT2D eigenvalue weighted by Gasteiger charge is -2.16. The highest BCUT2D eigenvalue weighted by Crippen LogP contribution is 2.33. The second-order valence-corrected chi connectivity index (χ2v) is 5.70. The number of ether oxygens (including phenoxy) is 1. The first-order valence-electron chi connectivity index (χ1n) is 6.07. The number of hydrogen-bond acceptors (Lipinski definition) is 5. The highest BCUT2D eigenvalue weighted by molar-refractivity contribution is 7.93. The van der Waals surface area contributed by atoms with Gasteiger partial charge in [-0.1, -0.05) is 17.3 Å². The molecule has 0 saturated carbocycles. The number of para-hydroxylation sites is 1. The average Bonchev–Trinajstić information content (AvgIpc) is 2.43. The normalized spacial score (nSPS) is 12.9. The molecular formula is C12H15F3N2O4S. The molecule has 0 aliphatic heterocycles. The van der Waals surface area contributed by atoms with E-state index in [0.29, 0.717) is 0 Å². The number of nitrogens with one attached hydrogen (secondary N) is 1. The molecule has 0 bridgehead atoms. The predicted octanol–water partition coefficient (Wildman–Crippen LogP) is 2.72. The molecule has 22 heavy (non-hydrogen) atoms. The molecule has 1 N–H and O–H groups in total. The second kappa shape index (κ2) is 6.86. The van der Waals surface area contributed by atoms with Gasteiger partial charge in [-0.2, -0.15) is 21.6 Å². The summed E-state index contributed by atoms with van der Waals surface area (Å²) < 4.78 is 66.7. The molecule has 0 atom stereocenters. The number of halogens is 3. The first kappa shape index (κ1) is 18.1. The molecule has 6 nitrogen and oxygen atoms in total. The number of sulfonamides is 1. The third kappa shape index (κ3) is 4.03. The molecule has 1 aromatic rings. The smallest absolute Gasteiger partial charge is 0.495 e. The van der Waals surface area contributed by atoms with Crippen LogP contribution in [0.3, 0.4) is 0 Å². The molecule has 1 aromatic carbocycles. The fourth-order valence-corrected chi connectivity index (χ4v) is 2.11. The SMILES string of the molecule is CCON=C(C)c1cccc(OC)c1NS(=O)(=O)C(F)(F)F. The van der Waals surface area contributed by atoms with Crippen LogP contribution >= 0.6 is 0 Å². The fraction of sp³-hybridized carbons (Fsp3) is 0.417. The lowest BCUT2D eigenvalue weighted by atomic mass is 10.1. The van der Waals surface area contributed by atoms with E-state index in [2.05, 4.69) is 5.16 Å². The zero-order valence-electron chi connectivity index (χ0n) is 12.1. The largest absolute Gasteiger partial charge is 0.516 e. The highest BCUT2D eigenvalue weighted by atomic mass is 32.2. The van der Waals surface area contributed by atoms with Crippen molar-refractivity contribution in [2.24, 2.45) is 5.16 Å². The number of oxime groups is 1. The van der Waals surface area contributed by atoms with Crippen LogP contribution in [0, 0.1) is 0 Å². The summed E-state index contributed by atoms with van der Waals surface area (Å²) in [7, 11) is -4.38. The Morgan fingerprint density at radius 2 is 2.00 bits per heavy atom. The summed E-state index contributed by atoms with van der Waals surface area (Å²) in [5.41, 5.74) is -5.50. The average molecular weight is 340 g/mol. The van der Waals surface area contributed by atoms with Gasteiger partial charge in [-0.15, -0.1) is 0 Å². The van der Waals surface area contributed by atoms with E-state index in [-0.39, 0.29) is 29.3 Å². The summed E-state index contributed by atoms with van der Waals surface area (Å²) in [6, 6.07) is 4.21. The number of alkyl halides is 3. The van der Waals surface area contributed by atoms with Gasteiger partial charge in [0.25, 0.3) is 0 Å². The van der Waals surface area contributed by atoms with E-state index in [1.807, 2.05) is 0 Å². The zero-order valence-corrected chi connectivity index (χ0v) is 12.9. The van der Waals surface area contributed by atoms with E-state index in [9.17, 15) is 21.6 Å². The summed E-state index contributed by atoms with van der Waals surface area (Å²) in [4.78, 5) is 4.82. The summed E-state index contributed by atoms with van der Waals surface area (Å²) in [6.45, 7) is 3.40. The molecule has 0 heterocycles. The van der Waals surface area contributed by atoms with Crippen LogP contribution < -0.4 is 9.46 Å². The third-order valence-electron chi connectivity index (χ3n) is 2.51. The van der Waals surface area contributed by atoms with Crippen LogP contribution in [-0.2, 0) is 14.9 Å². The Morgan fingerprint density at radius 1 is 1.36 bits per heavy atom. The number of anilines is 1. The molecule has 10 heteroatoms. The number of methoxy groups -OCH3 is 1. The molecule has 0 spiro atoms. The minimum atomic E-state index is -5.59. The molecule has 0 fully saturated rings. The van der Waals surface area contributed by atoms with Crippen LogP contribution in [0.2, 0.25) is 0 Å². The molecule has 124 valence electrons. The maximum atomic E-state index is 12.5. The molecule has 0 unspecified atom stereocenters. The minimum Gasteiger partial charge on any atom is -0.495 e. The van der Waals surface area contributed by atoms with Gasteiger partial charge in [0.15, 0.2) is 0 Å². The van der Waals surface area contributed by atoms with Crippen LogP contribution in [0.15, 0.2) is 23.4 Å². The van der Waals surface area contributed by atoms with Crippen LogP contribution in [0.25, 0.3) is 0 Å². The minimum absolute atomic E-state index is 0.0728. The van der Waals surface area contributed by atoms with Gasteiger partial charge >= 0.3 is 15.5 Å². The molecule has 0 aliphatic rings. The summed E-state index contributed by atoms with van der Waals surface area (Å²) in [5.74, 6) is -0.0728. The topological polar surface area (TPSA) is 77.0 Å². The van der Waals surface area contributed by atoms with Crippen molar-refractivity contribution >= 4 is 21.4 Å². The molecular weight excluding hydrogens is 325 g/mol. The van der Waals surface area contributed by atoms with Crippen molar-refractivity contribution in [1.29, 1.82) is 0 Å². The van der Waals surface area contributed by atoms with Crippen molar-refractivity contribution in [2.75, 3.05) is 18.4 Å². The summed E-state index contributed by atoms with van der Waals surface area (Å²) in [6.07, 6.45) is 0. The lowest BCUT2D eigenvalue weighted by molar-refractivity contribution is -0.0429. The van der Waals surface area contributed by atoms with E-state index < -0.39 is 15.5 Å². The number of hydrogen-bond donors (Lipinski definition) is 1. The second-order valence-electron chi connectivity index (χ2n) is 4.03. The van der Waals surface area contributed by atoms with Crippen molar-refractivity contribution in [1.82, 2.24) is 0 Å². The van der Waals surface area contributed by atoms with Gasteiger partial charge in [0, 0.05) is 5.56 Å². The summed E-state index contributed by atoms with van der Waals surface area (Å²) in [5, 5.41) is 3.69. The van der Waals surface area contributed by atoms with Crippen molar-refractivity contribution in [3.8, 4) is 5.75 Å². The van der Waals surface area contributed by atoms with E-state index in [0.717, 1.165) is 0 Å². The molecule has 0 radical (unpaired) electrons. The van der Waals surface area contributed by atoms with E-state index >= 15 is 0 Å². The van der Waals surface area contributed by atoms with Crippen LogP contribution in [-0.4, -0.2) is 33.4 Å². The van der Waals surface area contributed by atoms with Crippen molar-refractivity contribution < 1.29 is 31.2 Å². The van der Waals surface area contributed by atoms with Gasteiger partial charge in [-0.25, -0.2) is 0 Å². The predicted molar refractivity (Wildman–Crippen MR) is 75.4 cm³/mol. The molecule has 0 saturated heterocycles. The van der Waals surface area contributed by atoms with Crippen LogP contribution in [0.1, 0.15) is 19.4 Å².